The summed E-state index contributed by atoms with van der Waals surface area (Å²) in [5.41, 5.74) is 1.48. The molecule has 1 amide bonds. The van der Waals surface area contributed by atoms with Crippen molar-refractivity contribution in [1.82, 2.24) is 14.8 Å². The Balaban J connectivity index is 1.81. The molecule has 0 aliphatic carbocycles. The molecule has 7 nitrogen and oxygen atoms in total. The van der Waals surface area contributed by atoms with Crippen molar-refractivity contribution in [2.45, 2.75) is 27.0 Å². The van der Waals surface area contributed by atoms with Gasteiger partial charge >= 0.3 is 0 Å². The minimum atomic E-state index is -0.293. The third kappa shape index (κ3) is 5.11. The van der Waals surface area contributed by atoms with E-state index >= 15 is 0 Å². The molecule has 0 saturated heterocycles. The van der Waals surface area contributed by atoms with Crippen LogP contribution < -0.4 is 10.9 Å². The lowest BCUT2D eigenvalue weighted by molar-refractivity contribution is 0.0946. The van der Waals surface area contributed by atoms with E-state index in [0.29, 0.717) is 33.5 Å². The first-order valence-corrected chi connectivity index (χ1v) is 13.0. The number of ether oxygens (including phenoxy) is 1. The summed E-state index contributed by atoms with van der Waals surface area (Å²) < 4.78 is 7.67. The number of hydrogen-bond acceptors (Lipinski definition) is 6. The summed E-state index contributed by atoms with van der Waals surface area (Å²) in [5, 5.41) is 4.28. The Bertz CT molecular complexity index is 1440. The van der Waals surface area contributed by atoms with Gasteiger partial charge in [-0.1, -0.05) is 62.4 Å². The number of aromatic nitrogens is 1. The van der Waals surface area contributed by atoms with E-state index in [1.165, 1.54) is 15.9 Å². The maximum atomic E-state index is 13.8. The Labute approximate surface area is 214 Å². The van der Waals surface area contributed by atoms with Crippen molar-refractivity contribution in [3.63, 3.8) is 0 Å². The molecule has 0 fully saturated rings. The smallest absolute Gasteiger partial charge is 0.261 e. The molecule has 0 saturated carbocycles. The van der Waals surface area contributed by atoms with Gasteiger partial charge in [-0.3, -0.25) is 19.0 Å². The fraction of sp³-hybridized carbons (Fsp3) is 0.321. The summed E-state index contributed by atoms with van der Waals surface area (Å²) in [6, 6.07) is 16.5. The number of nitrogens with zero attached hydrogens (tertiary/aromatic N) is 2. The van der Waals surface area contributed by atoms with Gasteiger partial charge in [-0.2, -0.15) is 0 Å². The van der Waals surface area contributed by atoms with Crippen molar-refractivity contribution >= 4 is 44.0 Å². The zero-order chi connectivity index (χ0) is 25.7. The van der Waals surface area contributed by atoms with Crippen LogP contribution in [-0.2, 0) is 17.9 Å². The fourth-order valence-electron chi connectivity index (χ4n) is 4.46. The minimum Gasteiger partial charge on any atom is -0.380 e. The van der Waals surface area contributed by atoms with Crippen LogP contribution in [0.1, 0.15) is 39.4 Å². The van der Waals surface area contributed by atoms with Gasteiger partial charge in [0.1, 0.15) is 0 Å². The number of hydrogen-bond donors (Lipinski definition) is 1. The summed E-state index contributed by atoms with van der Waals surface area (Å²) in [6.45, 7) is 7.30. The van der Waals surface area contributed by atoms with Gasteiger partial charge < -0.3 is 15.0 Å². The average molecular weight is 506 g/mol. The van der Waals surface area contributed by atoms with Crippen LogP contribution in [0.3, 0.4) is 0 Å². The lowest BCUT2D eigenvalue weighted by Crippen LogP contribution is -2.34. The Morgan fingerprint density at radius 2 is 1.72 bits per heavy atom. The van der Waals surface area contributed by atoms with E-state index < -0.39 is 0 Å². The van der Waals surface area contributed by atoms with Crippen LogP contribution in [0, 0.1) is 0 Å². The molecule has 1 N–H and O–H groups in total. The number of Topliss-reactive ketones (excluding diaryl/α,β-unsaturated/α-hetero) is 1. The number of rotatable bonds is 11. The van der Waals surface area contributed by atoms with E-state index in [0.717, 1.165) is 29.7 Å². The molecule has 2 aromatic heterocycles. The quantitative estimate of drug-likeness (QED) is 0.307. The van der Waals surface area contributed by atoms with Crippen LogP contribution in [0.25, 0.3) is 21.0 Å². The normalized spacial score (nSPS) is 11.4. The van der Waals surface area contributed by atoms with E-state index in [1.54, 1.807) is 31.4 Å². The minimum absolute atomic E-state index is 0.0903. The van der Waals surface area contributed by atoms with E-state index in [9.17, 15) is 14.4 Å². The van der Waals surface area contributed by atoms with Gasteiger partial charge in [0.2, 0.25) is 0 Å². The maximum Gasteiger partial charge on any atom is 0.261 e. The SMILES string of the molecule is CCN(CC)CCNC(=O)c1sc2c(c1COC)c(=O)n(CC(=O)c1ccccc1)c1ccccc21. The molecule has 0 atom stereocenters. The van der Waals surface area contributed by atoms with Crippen LogP contribution in [0.5, 0.6) is 0 Å². The third-order valence-corrected chi connectivity index (χ3v) is 7.67. The van der Waals surface area contributed by atoms with Crippen molar-refractivity contribution in [1.29, 1.82) is 0 Å². The summed E-state index contributed by atoms with van der Waals surface area (Å²) >= 11 is 1.31. The van der Waals surface area contributed by atoms with Crippen LogP contribution >= 0.6 is 11.3 Å². The Morgan fingerprint density at radius 3 is 2.42 bits per heavy atom. The molecule has 0 radical (unpaired) electrons. The van der Waals surface area contributed by atoms with Crippen LogP contribution in [-0.4, -0.2) is 54.4 Å². The zero-order valence-corrected chi connectivity index (χ0v) is 21.7. The number of nitrogens with one attached hydrogen (secondary N) is 1. The molecular weight excluding hydrogens is 474 g/mol. The number of fused-ring (bicyclic) bond motifs is 3. The number of likely N-dealkylation sites (N-methyl/N-ethyl adjacent to an activating group) is 1. The molecule has 0 spiro atoms. The van der Waals surface area contributed by atoms with E-state index in [1.807, 2.05) is 30.3 Å². The number of methoxy groups -OCH3 is 1. The first-order valence-electron chi connectivity index (χ1n) is 12.1. The van der Waals surface area contributed by atoms with Gasteiger partial charge in [0, 0.05) is 36.7 Å². The van der Waals surface area contributed by atoms with Crippen LogP contribution in [0.2, 0.25) is 0 Å². The predicted octanol–water partition coefficient (Wildman–Crippen LogP) is 4.32. The summed E-state index contributed by atoms with van der Waals surface area (Å²) in [6.07, 6.45) is 0. The van der Waals surface area contributed by atoms with Crippen molar-refractivity contribution in [3.8, 4) is 0 Å². The number of thiophene rings is 1. The molecule has 2 aromatic carbocycles. The molecule has 8 heteroatoms. The molecule has 2 heterocycles. The molecule has 0 aliphatic heterocycles. The molecule has 36 heavy (non-hydrogen) atoms. The number of carbonyl (C=O) groups is 2. The Morgan fingerprint density at radius 1 is 1.03 bits per heavy atom. The lowest BCUT2D eigenvalue weighted by Gasteiger charge is -2.17. The van der Waals surface area contributed by atoms with Crippen molar-refractivity contribution in [2.75, 3.05) is 33.3 Å². The second-order valence-electron chi connectivity index (χ2n) is 8.53. The summed E-state index contributed by atoms with van der Waals surface area (Å²) in [7, 11) is 1.55. The fourth-order valence-corrected chi connectivity index (χ4v) is 5.70. The lowest BCUT2D eigenvalue weighted by atomic mass is 10.1. The van der Waals surface area contributed by atoms with E-state index in [-0.39, 0.29) is 30.4 Å². The monoisotopic (exact) mass is 505 g/mol. The van der Waals surface area contributed by atoms with Crippen LogP contribution in [0.4, 0.5) is 0 Å². The zero-order valence-electron chi connectivity index (χ0n) is 20.9. The maximum absolute atomic E-state index is 13.8. The van der Waals surface area contributed by atoms with Crippen molar-refractivity contribution in [3.05, 3.63) is 81.0 Å². The number of ketones is 1. The molecule has 0 bridgehead atoms. The predicted molar refractivity (Wildman–Crippen MR) is 145 cm³/mol. The highest BCUT2D eigenvalue weighted by Gasteiger charge is 2.24. The van der Waals surface area contributed by atoms with Gasteiger partial charge in [-0.05, 0) is 19.2 Å². The third-order valence-electron chi connectivity index (χ3n) is 6.41. The highest BCUT2D eigenvalue weighted by Crippen LogP contribution is 2.35. The number of pyridine rings is 1. The number of carbonyl (C=O) groups excluding carboxylic acids is 2. The van der Waals surface area contributed by atoms with Gasteiger partial charge in [0.05, 0.1) is 33.6 Å². The van der Waals surface area contributed by atoms with Gasteiger partial charge in [0.25, 0.3) is 11.5 Å². The molecule has 0 aliphatic rings. The number of benzene rings is 2. The first-order chi connectivity index (χ1) is 17.5. The summed E-state index contributed by atoms with van der Waals surface area (Å²) in [5.74, 6) is -0.370. The largest absolute Gasteiger partial charge is 0.380 e. The average Bonchev–Trinajstić information content (AvgIpc) is 3.29. The van der Waals surface area contributed by atoms with Gasteiger partial charge in [-0.15, -0.1) is 11.3 Å². The second-order valence-corrected chi connectivity index (χ2v) is 9.55. The highest BCUT2D eigenvalue weighted by atomic mass is 32.1. The highest BCUT2D eigenvalue weighted by molar-refractivity contribution is 7.22. The molecule has 4 rings (SSSR count). The Hall–Kier alpha value is -3.33. The first kappa shape index (κ1) is 25.8. The van der Waals surface area contributed by atoms with E-state index in [2.05, 4.69) is 24.1 Å². The second kappa shape index (κ2) is 11.6. The van der Waals surface area contributed by atoms with Gasteiger partial charge in [-0.25, -0.2) is 0 Å². The number of para-hydroxylation sites is 1. The van der Waals surface area contributed by atoms with Crippen LogP contribution in [0.15, 0.2) is 59.4 Å². The molecule has 188 valence electrons. The van der Waals surface area contributed by atoms with Crippen molar-refractivity contribution in [2.24, 2.45) is 0 Å². The molecule has 4 aromatic rings. The van der Waals surface area contributed by atoms with Gasteiger partial charge in [0.15, 0.2) is 5.78 Å². The Kier molecular flexibility index (Phi) is 8.30. The topological polar surface area (TPSA) is 80.6 Å². The van der Waals surface area contributed by atoms with Crippen molar-refractivity contribution < 1.29 is 14.3 Å². The van der Waals surface area contributed by atoms with E-state index in [4.69, 9.17) is 4.74 Å². The number of amides is 1. The molecule has 0 unspecified atom stereocenters. The molecular formula is C28H31N3O4S. The summed E-state index contributed by atoms with van der Waals surface area (Å²) in [4.78, 5) is 42.8. The standard InChI is InChI=1S/C28H31N3O4S/c1-4-30(5-2)16-15-29-27(33)26-21(18-35-3)24-25(36-26)20-13-9-10-14-22(20)31(28(24)34)17-23(32)19-11-7-6-8-12-19/h6-14H,4-5,15-18H2,1-3H3,(H,29,33).